The molecule has 0 bridgehead atoms. The molecule has 4 aromatic rings. The number of likely N-dealkylation sites (N-methyl/N-ethyl adjacent to an activating group) is 1. The van der Waals surface area contributed by atoms with Crippen LogP contribution in [-0.4, -0.2) is 54.0 Å². The predicted octanol–water partition coefficient (Wildman–Crippen LogP) is 4.69. The van der Waals surface area contributed by atoms with E-state index in [2.05, 4.69) is 48.1 Å². The van der Waals surface area contributed by atoms with Crippen LogP contribution in [0.1, 0.15) is 10.5 Å². The summed E-state index contributed by atoms with van der Waals surface area (Å²) in [4.78, 5) is 26.2. The molecule has 0 unspecified atom stereocenters. The summed E-state index contributed by atoms with van der Waals surface area (Å²) in [7, 11) is 2.13. The Kier molecular flexibility index (Phi) is 5.48. The van der Waals surface area contributed by atoms with Crippen molar-refractivity contribution >= 4 is 54.9 Å². The van der Waals surface area contributed by atoms with Crippen LogP contribution < -0.4 is 10.2 Å². The standard InChI is InChI=1S/C24H21BrFN5O/c1-30-10-12-31(13-11-30)21-7-6-19(17-14-27-9-8-16(17)21)29-24(32)20-5-3-15-2-4-18(25)22(26)23(15)28-20/h2-9,14H,10-13H2,1H3,(H,29,32). The van der Waals surface area contributed by atoms with E-state index in [9.17, 15) is 9.18 Å². The first-order chi connectivity index (χ1) is 15.5. The molecular formula is C24H21BrFN5O. The number of hydrogen-bond acceptors (Lipinski definition) is 5. The van der Waals surface area contributed by atoms with E-state index in [1.54, 1.807) is 36.7 Å². The van der Waals surface area contributed by atoms with E-state index in [0.29, 0.717) is 15.5 Å². The SMILES string of the molecule is CN1CCN(c2ccc(NC(=O)c3ccc4ccc(Br)c(F)c4n3)c3cnccc23)CC1. The van der Waals surface area contributed by atoms with Gasteiger partial charge in [0.2, 0.25) is 0 Å². The smallest absolute Gasteiger partial charge is 0.274 e. The van der Waals surface area contributed by atoms with E-state index < -0.39 is 11.7 Å². The van der Waals surface area contributed by atoms with Gasteiger partial charge >= 0.3 is 0 Å². The lowest BCUT2D eigenvalue weighted by Gasteiger charge is -2.34. The van der Waals surface area contributed by atoms with Gasteiger partial charge in [-0.3, -0.25) is 9.78 Å². The number of anilines is 2. The molecule has 2 aromatic heterocycles. The average molecular weight is 494 g/mol. The number of nitrogens with one attached hydrogen (secondary N) is 1. The third-order valence-corrected chi connectivity index (χ3v) is 6.49. The molecule has 0 saturated carbocycles. The maximum atomic E-state index is 14.5. The average Bonchev–Trinajstić information content (AvgIpc) is 2.82. The molecule has 0 spiro atoms. The molecule has 1 fully saturated rings. The summed E-state index contributed by atoms with van der Waals surface area (Å²) in [5, 5.41) is 5.45. The van der Waals surface area contributed by atoms with Gasteiger partial charge in [-0.25, -0.2) is 9.37 Å². The van der Waals surface area contributed by atoms with E-state index in [4.69, 9.17) is 0 Å². The van der Waals surface area contributed by atoms with Crippen LogP contribution in [0.4, 0.5) is 15.8 Å². The lowest BCUT2D eigenvalue weighted by Crippen LogP contribution is -2.44. The van der Waals surface area contributed by atoms with Crippen molar-refractivity contribution in [3.05, 3.63) is 70.8 Å². The molecule has 1 amide bonds. The molecule has 1 N–H and O–H groups in total. The Morgan fingerprint density at radius 1 is 1.03 bits per heavy atom. The van der Waals surface area contributed by atoms with Crippen LogP contribution in [0.15, 0.2) is 59.3 Å². The second-order valence-corrected chi connectivity index (χ2v) is 8.78. The van der Waals surface area contributed by atoms with Gasteiger partial charge in [0.15, 0.2) is 5.82 Å². The van der Waals surface area contributed by atoms with E-state index in [1.165, 1.54) is 0 Å². The summed E-state index contributed by atoms with van der Waals surface area (Å²) in [6.45, 7) is 3.90. The molecular weight excluding hydrogens is 473 g/mol. The number of halogens is 2. The third-order valence-electron chi connectivity index (χ3n) is 5.87. The number of benzene rings is 2. The number of nitrogens with zero attached hydrogens (tertiary/aromatic N) is 4. The quantitative estimate of drug-likeness (QED) is 0.448. The highest BCUT2D eigenvalue weighted by molar-refractivity contribution is 9.10. The minimum atomic E-state index is -0.483. The fourth-order valence-electron chi connectivity index (χ4n) is 4.05. The molecule has 1 saturated heterocycles. The molecule has 5 rings (SSSR count). The van der Waals surface area contributed by atoms with Gasteiger partial charge in [0.25, 0.3) is 5.91 Å². The Morgan fingerprint density at radius 2 is 1.81 bits per heavy atom. The third kappa shape index (κ3) is 3.80. The zero-order valence-corrected chi connectivity index (χ0v) is 19.1. The summed E-state index contributed by atoms with van der Waals surface area (Å²) in [6.07, 6.45) is 3.52. The van der Waals surface area contributed by atoms with Crippen LogP contribution in [-0.2, 0) is 0 Å². The Labute approximate surface area is 193 Å². The van der Waals surface area contributed by atoms with Gasteiger partial charge in [-0.1, -0.05) is 12.1 Å². The zero-order chi connectivity index (χ0) is 22.2. The molecule has 32 heavy (non-hydrogen) atoms. The molecule has 2 aromatic carbocycles. The fourth-order valence-corrected chi connectivity index (χ4v) is 4.37. The largest absolute Gasteiger partial charge is 0.368 e. The summed E-state index contributed by atoms with van der Waals surface area (Å²) in [6, 6.07) is 12.6. The van der Waals surface area contributed by atoms with Crippen molar-refractivity contribution in [2.75, 3.05) is 43.4 Å². The second-order valence-electron chi connectivity index (χ2n) is 7.93. The van der Waals surface area contributed by atoms with E-state index >= 15 is 0 Å². The number of carbonyl (C=O) groups is 1. The number of fused-ring (bicyclic) bond motifs is 2. The highest BCUT2D eigenvalue weighted by Crippen LogP contribution is 2.33. The van der Waals surface area contributed by atoms with E-state index in [-0.39, 0.29) is 11.2 Å². The number of amides is 1. The maximum Gasteiger partial charge on any atom is 0.274 e. The molecule has 3 heterocycles. The monoisotopic (exact) mass is 493 g/mol. The van der Waals surface area contributed by atoms with Gasteiger partial charge in [-0.05, 0) is 53.3 Å². The van der Waals surface area contributed by atoms with Gasteiger partial charge in [0.1, 0.15) is 11.2 Å². The Morgan fingerprint density at radius 3 is 2.62 bits per heavy atom. The zero-order valence-electron chi connectivity index (χ0n) is 17.5. The molecule has 8 heteroatoms. The number of aromatic nitrogens is 2. The molecule has 1 aliphatic heterocycles. The summed E-state index contributed by atoms with van der Waals surface area (Å²) >= 11 is 3.17. The maximum absolute atomic E-state index is 14.5. The summed E-state index contributed by atoms with van der Waals surface area (Å²) in [5.74, 6) is -0.882. The van der Waals surface area contributed by atoms with Crippen LogP contribution in [0, 0.1) is 5.82 Å². The highest BCUT2D eigenvalue weighted by Gasteiger charge is 2.19. The van der Waals surface area contributed by atoms with Crippen LogP contribution >= 0.6 is 15.9 Å². The highest BCUT2D eigenvalue weighted by atomic mass is 79.9. The first-order valence-electron chi connectivity index (χ1n) is 10.4. The molecule has 0 atom stereocenters. The van der Waals surface area contributed by atoms with Crippen molar-refractivity contribution in [2.24, 2.45) is 0 Å². The van der Waals surface area contributed by atoms with E-state index in [0.717, 1.165) is 42.6 Å². The van der Waals surface area contributed by atoms with E-state index in [1.807, 2.05) is 18.2 Å². The number of pyridine rings is 2. The molecule has 162 valence electrons. The van der Waals surface area contributed by atoms with Crippen LogP contribution in [0.3, 0.4) is 0 Å². The van der Waals surface area contributed by atoms with Crippen LogP contribution in [0.2, 0.25) is 0 Å². The van der Waals surface area contributed by atoms with Crippen molar-refractivity contribution in [2.45, 2.75) is 0 Å². The topological polar surface area (TPSA) is 61.4 Å². The number of hydrogen-bond donors (Lipinski definition) is 1. The van der Waals surface area contributed by atoms with Crippen molar-refractivity contribution in [3.63, 3.8) is 0 Å². The van der Waals surface area contributed by atoms with Crippen molar-refractivity contribution in [1.29, 1.82) is 0 Å². The molecule has 0 radical (unpaired) electrons. The Hall–Kier alpha value is -3.10. The van der Waals surface area contributed by atoms with Crippen LogP contribution in [0.25, 0.3) is 21.7 Å². The molecule has 6 nitrogen and oxygen atoms in total. The predicted molar refractivity (Wildman–Crippen MR) is 129 cm³/mol. The Balaban J connectivity index is 1.48. The lowest BCUT2D eigenvalue weighted by atomic mass is 10.1. The Bertz CT molecular complexity index is 1340. The summed E-state index contributed by atoms with van der Waals surface area (Å²) in [5.41, 5.74) is 2.08. The van der Waals surface area contributed by atoms with Gasteiger partial charge < -0.3 is 15.1 Å². The number of piperazine rings is 1. The van der Waals surface area contributed by atoms with Gasteiger partial charge in [-0.15, -0.1) is 0 Å². The van der Waals surface area contributed by atoms with Crippen molar-refractivity contribution in [3.8, 4) is 0 Å². The summed E-state index contributed by atoms with van der Waals surface area (Å²) < 4.78 is 14.8. The number of carbonyl (C=O) groups excluding carboxylic acids is 1. The normalized spacial score (nSPS) is 14.8. The fraction of sp³-hybridized carbons (Fsp3) is 0.208. The van der Waals surface area contributed by atoms with Gasteiger partial charge in [0, 0.05) is 60.4 Å². The van der Waals surface area contributed by atoms with Crippen molar-refractivity contribution in [1.82, 2.24) is 14.9 Å². The second kappa shape index (κ2) is 8.44. The van der Waals surface area contributed by atoms with Crippen LogP contribution in [0.5, 0.6) is 0 Å². The first kappa shape index (κ1) is 20.8. The molecule has 0 aliphatic carbocycles. The van der Waals surface area contributed by atoms with Crippen molar-refractivity contribution < 1.29 is 9.18 Å². The number of rotatable bonds is 3. The van der Waals surface area contributed by atoms with Gasteiger partial charge in [0.05, 0.1) is 10.2 Å². The molecule has 1 aliphatic rings. The first-order valence-corrected chi connectivity index (χ1v) is 11.2. The van der Waals surface area contributed by atoms with Gasteiger partial charge in [-0.2, -0.15) is 0 Å². The minimum Gasteiger partial charge on any atom is -0.368 e. The lowest BCUT2D eigenvalue weighted by molar-refractivity contribution is 0.102. The minimum absolute atomic E-state index is 0.148.